The summed E-state index contributed by atoms with van der Waals surface area (Å²) in [5.74, 6) is -0.447. The Morgan fingerprint density at radius 2 is 1.66 bits per heavy atom. The molecule has 35 heavy (non-hydrogen) atoms. The van der Waals surface area contributed by atoms with Gasteiger partial charge in [0.25, 0.3) is 13.9 Å². The van der Waals surface area contributed by atoms with Gasteiger partial charge in [-0.1, -0.05) is 81.4 Å². The number of hydrogen-bond acceptors (Lipinski definition) is 5. The fourth-order valence-corrected chi connectivity index (χ4v) is 9.53. The number of aromatic amines is 1. The zero-order chi connectivity index (χ0) is 25.2. The number of nitrogens with zero attached hydrogens (tertiary/aromatic N) is 2. The molecule has 1 fully saturated rings. The maximum atomic E-state index is 12.4. The summed E-state index contributed by atoms with van der Waals surface area (Å²) in [6.07, 6.45) is 0.684. The lowest BCUT2D eigenvalue weighted by Crippen LogP contribution is -2.67. The van der Waals surface area contributed by atoms with Gasteiger partial charge in [-0.05, 0) is 22.3 Å². The first kappa shape index (κ1) is 24.9. The van der Waals surface area contributed by atoms with E-state index >= 15 is 0 Å². The molecule has 1 aliphatic heterocycles. The molecule has 2 aromatic carbocycles. The third-order valence-electron chi connectivity index (χ3n) is 6.74. The highest BCUT2D eigenvalue weighted by molar-refractivity contribution is 6.99. The second-order valence-corrected chi connectivity index (χ2v) is 14.4. The second-order valence-electron chi connectivity index (χ2n) is 10.1. The molecule has 7 nitrogen and oxygen atoms in total. The van der Waals surface area contributed by atoms with E-state index < -0.39 is 37.8 Å². The van der Waals surface area contributed by atoms with Crippen LogP contribution in [0.4, 0.5) is 0 Å². The number of nitriles is 1. The molecule has 3 atom stereocenters. The second kappa shape index (κ2) is 9.78. The average Bonchev–Trinajstić information content (AvgIpc) is 3.25. The molecule has 4 rings (SSSR count). The van der Waals surface area contributed by atoms with Crippen molar-refractivity contribution in [2.24, 2.45) is 5.92 Å². The third-order valence-corrected chi connectivity index (χ3v) is 11.7. The number of rotatable bonds is 6. The van der Waals surface area contributed by atoms with Crippen LogP contribution in [0.5, 0.6) is 0 Å². The molecule has 0 amide bonds. The van der Waals surface area contributed by atoms with Gasteiger partial charge in [0.2, 0.25) is 0 Å². The van der Waals surface area contributed by atoms with Gasteiger partial charge in [0.1, 0.15) is 6.23 Å². The molecule has 0 saturated carbocycles. The molecule has 2 heterocycles. The summed E-state index contributed by atoms with van der Waals surface area (Å²) in [5, 5.41) is 12.0. The minimum atomic E-state index is -2.79. The third kappa shape index (κ3) is 4.67. The van der Waals surface area contributed by atoms with E-state index in [0.717, 1.165) is 10.4 Å². The van der Waals surface area contributed by atoms with Gasteiger partial charge in [-0.2, -0.15) is 5.26 Å². The smallest absolute Gasteiger partial charge is 0.330 e. The van der Waals surface area contributed by atoms with Crippen LogP contribution in [0.3, 0.4) is 0 Å². The van der Waals surface area contributed by atoms with Gasteiger partial charge < -0.3 is 9.16 Å². The van der Waals surface area contributed by atoms with Crippen molar-refractivity contribution in [2.75, 3.05) is 6.61 Å². The van der Waals surface area contributed by atoms with Crippen molar-refractivity contribution in [1.82, 2.24) is 9.55 Å². The summed E-state index contributed by atoms with van der Waals surface area (Å²) < 4.78 is 14.5. The lowest BCUT2D eigenvalue weighted by Gasteiger charge is -2.43. The van der Waals surface area contributed by atoms with E-state index in [2.05, 4.69) is 56.1 Å². The standard InChI is InChI=1S/C27H31N3O4Si/c1-19-17-30(26(32)29-25(19)31)24-15-20(16-28)23(34-24)18-33-35(27(2,3)4,21-11-7-5-8-12-21)22-13-9-6-10-14-22/h5-14,17,20,23-24H,15,18H2,1-4H3,(H,29,31,32). The van der Waals surface area contributed by atoms with E-state index in [1.165, 1.54) is 10.8 Å². The average molecular weight is 490 g/mol. The quantitative estimate of drug-likeness (QED) is 0.537. The van der Waals surface area contributed by atoms with Crippen LogP contribution in [-0.4, -0.2) is 30.6 Å². The first-order chi connectivity index (χ1) is 16.7. The van der Waals surface area contributed by atoms with Crippen molar-refractivity contribution < 1.29 is 9.16 Å². The van der Waals surface area contributed by atoms with E-state index in [-0.39, 0.29) is 11.6 Å². The van der Waals surface area contributed by atoms with Crippen LogP contribution >= 0.6 is 0 Å². The minimum Gasteiger partial charge on any atom is -0.405 e. The molecule has 1 N–H and O–H groups in total. The Kier molecular flexibility index (Phi) is 6.95. The molecule has 0 radical (unpaired) electrons. The highest BCUT2D eigenvalue weighted by Gasteiger charge is 2.51. The Hall–Kier alpha value is -3.25. The van der Waals surface area contributed by atoms with E-state index in [1.807, 2.05) is 36.4 Å². The molecular weight excluding hydrogens is 458 g/mol. The highest BCUT2D eigenvalue weighted by atomic mass is 28.4. The Morgan fingerprint density at radius 3 is 2.17 bits per heavy atom. The van der Waals surface area contributed by atoms with Gasteiger partial charge in [0.15, 0.2) is 0 Å². The Balaban J connectivity index is 1.69. The SMILES string of the molecule is Cc1cn(C2CC(C#N)C(CO[Si](c3ccccc3)(c3ccccc3)C(C)(C)C)O2)c(=O)[nH]c1=O. The van der Waals surface area contributed by atoms with Gasteiger partial charge in [-0.15, -0.1) is 0 Å². The fourth-order valence-electron chi connectivity index (χ4n) is 4.96. The zero-order valence-corrected chi connectivity index (χ0v) is 21.5. The molecular formula is C27H31N3O4Si. The van der Waals surface area contributed by atoms with Crippen LogP contribution in [0.15, 0.2) is 76.4 Å². The Morgan fingerprint density at radius 1 is 1.09 bits per heavy atom. The molecule has 182 valence electrons. The first-order valence-corrected chi connectivity index (χ1v) is 13.7. The van der Waals surface area contributed by atoms with Crippen LogP contribution in [0, 0.1) is 24.2 Å². The largest absolute Gasteiger partial charge is 0.405 e. The van der Waals surface area contributed by atoms with Crippen molar-refractivity contribution in [3.05, 3.63) is 93.3 Å². The Bertz CT molecular complexity index is 1280. The molecule has 1 aliphatic rings. The van der Waals surface area contributed by atoms with E-state index in [0.29, 0.717) is 12.0 Å². The molecule has 1 saturated heterocycles. The van der Waals surface area contributed by atoms with Gasteiger partial charge in [-0.25, -0.2) is 4.79 Å². The van der Waals surface area contributed by atoms with Gasteiger partial charge in [-0.3, -0.25) is 14.3 Å². The van der Waals surface area contributed by atoms with Crippen molar-refractivity contribution in [1.29, 1.82) is 5.26 Å². The molecule has 8 heteroatoms. The molecule has 1 aromatic heterocycles. The highest BCUT2D eigenvalue weighted by Crippen LogP contribution is 2.39. The van der Waals surface area contributed by atoms with Crippen molar-refractivity contribution >= 4 is 18.7 Å². The fraction of sp³-hybridized carbons (Fsp3) is 0.370. The molecule has 0 spiro atoms. The summed E-state index contributed by atoms with van der Waals surface area (Å²) in [6.45, 7) is 8.44. The maximum absolute atomic E-state index is 12.4. The number of benzene rings is 2. The summed E-state index contributed by atoms with van der Waals surface area (Å²) >= 11 is 0. The Labute approximate surface area is 206 Å². The van der Waals surface area contributed by atoms with Gasteiger partial charge in [0.05, 0.1) is 24.7 Å². The predicted octanol–water partition coefficient (Wildman–Crippen LogP) is 2.85. The minimum absolute atomic E-state index is 0.206. The number of H-pyrrole nitrogens is 1. The summed E-state index contributed by atoms with van der Waals surface area (Å²) in [7, 11) is -2.79. The number of aromatic nitrogens is 2. The summed E-state index contributed by atoms with van der Waals surface area (Å²) in [4.78, 5) is 26.5. The predicted molar refractivity (Wildman–Crippen MR) is 137 cm³/mol. The number of hydrogen-bond donors (Lipinski definition) is 1. The molecule has 0 aliphatic carbocycles. The van der Waals surface area contributed by atoms with Gasteiger partial charge in [0, 0.05) is 18.2 Å². The lowest BCUT2D eigenvalue weighted by atomic mass is 10.0. The number of nitrogens with one attached hydrogen (secondary N) is 1. The van der Waals surface area contributed by atoms with Crippen LogP contribution in [0.1, 0.15) is 39.0 Å². The normalized spacial score (nSPS) is 20.5. The summed E-state index contributed by atoms with van der Waals surface area (Å²) in [6, 6.07) is 22.9. The van der Waals surface area contributed by atoms with Crippen molar-refractivity contribution in [3.63, 3.8) is 0 Å². The van der Waals surface area contributed by atoms with Gasteiger partial charge >= 0.3 is 5.69 Å². The monoisotopic (exact) mass is 489 g/mol. The van der Waals surface area contributed by atoms with Crippen LogP contribution in [-0.2, 0) is 9.16 Å². The van der Waals surface area contributed by atoms with Crippen molar-refractivity contribution in [3.8, 4) is 6.07 Å². The molecule has 3 unspecified atom stereocenters. The summed E-state index contributed by atoms with van der Waals surface area (Å²) in [5.41, 5.74) is -0.558. The van der Waals surface area contributed by atoms with Crippen molar-refractivity contribution in [2.45, 2.75) is 51.5 Å². The lowest BCUT2D eigenvalue weighted by molar-refractivity contribution is -0.0259. The van der Waals surface area contributed by atoms with E-state index in [1.54, 1.807) is 6.92 Å². The van der Waals surface area contributed by atoms with E-state index in [4.69, 9.17) is 9.16 Å². The van der Waals surface area contributed by atoms with Crippen LogP contribution in [0.2, 0.25) is 5.04 Å². The van der Waals surface area contributed by atoms with Crippen LogP contribution in [0.25, 0.3) is 0 Å². The zero-order valence-electron chi connectivity index (χ0n) is 20.5. The first-order valence-electron chi connectivity index (χ1n) is 11.8. The topological polar surface area (TPSA) is 97.1 Å². The molecule has 3 aromatic rings. The maximum Gasteiger partial charge on any atom is 0.330 e. The van der Waals surface area contributed by atoms with Crippen LogP contribution < -0.4 is 21.6 Å². The number of ether oxygens (including phenoxy) is 1. The number of aryl methyl sites for hydroxylation is 1. The van der Waals surface area contributed by atoms with E-state index in [9.17, 15) is 14.9 Å². The molecule has 0 bridgehead atoms.